The molecule has 2 rings (SSSR count). The van der Waals surface area contributed by atoms with Crippen LogP contribution in [0.15, 0.2) is 12.1 Å². The summed E-state index contributed by atoms with van der Waals surface area (Å²) in [7, 11) is 1.98. The van der Waals surface area contributed by atoms with E-state index in [0.29, 0.717) is 12.8 Å². The fourth-order valence-electron chi connectivity index (χ4n) is 1.74. The first-order valence-corrected chi connectivity index (χ1v) is 5.27. The van der Waals surface area contributed by atoms with Crippen LogP contribution in [0.25, 0.3) is 0 Å². The van der Waals surface area contributed by atoms with Crippen molar-refractivity contribution < 1.29 is 9.47 Å². The zero-order chi connectivity index (χ0) is 10.8. The number of likely N-dealkylation sites (N-methyl/N-ethyl adjacent to an activating group) is 1. The number of hydrogen-bond acceptors (Lipinski definition) is 3. The standard InChI is InChI=1S/C12H17NO2/c1-8-4-11-12(15-7-14-11)6-10(8)5-9(2)13-3/h4,6,9,13H,5,7H2,1-3H3/t9-/m0/s1. The van der Waals surface area contributed by atoms with Gasteiger partial charge in [0.25, 0.3) is 0 Å². The largest absolute Gasteiger partial charge is 0.454 e. The average molecular weight is 207 g/mol. The second-order valence-electron chi connectivity index (χ2n) is 4.03. The SMILES string of the molecule is CN[C@@H](C)Cc1cc2c(cc1C)OCO2. The summed E-state index contributed by atoms with van der Waals surface area (Å²) >= 11 is 0. The number of ether oxygens (including phenoxy) is 2. The number of fused-ring (bicyclic) bond motifs is 1. The van der Waals surface area contributed by atoms with E-state index in [1.54, 1.807) is 0 Å². The highest BCUT2D eigenvalue weighted by Gasteiger charge is 2.16. The molecule has 0 saturated carbocycles. The minimum absolute atomic E-state index is 0.347. The predicted octanol–water partition coefficient (Wildman–Crippen LogP) is 1.87. The van der Waals surface area contributed by atoms with Crippen LogP contribution >= 0.6 is 0 Å². The summed E-state index contributed by atoms with van der Waals surface area (Å²) in [4.78, 5) is 0. The topological polar surface area (TPSA) is 30.5 Å². The lowest BCUT2D eigenvalue weighted by Crippen LogP contribution is -2.23. The highest BCUT2D eigenvalue weighted by Crippen LogP contribution is 2.34. The Bertz CT molecular complexity index is 363. The second kappa shape index (κ2) is 4.11. The van der Waals surface area contributed by atoms with Gasteiger partial charge in [0.2, 0.25) is 6.79 Å². The quantitative estimate of drug-likeness (QED) is 0.820. The molecule has 1 heterocycles. The lowest BCUT2D eigenvalue weighted by molar-refractivity contribution is 0.174. The van der Waals surface area contributed by atoms with Gasteiger partial charge in [0.15, 0.2) is 11.5 Å². The van der Waals surface area contributed by atoms with Gasteiger partial charge in [-0.1, -0.05) is 0 Å². The Morgan fingerprint density at radius 3 is 2.67 bits per heavy atom. The summed E-state index contributed by atoms with van der Waals surface area (Å²) in [5, 5.41) is 3.24. The number of hydrogen-bond donors (Lipinski definition) is 1. The maximum Gasteiger partial charge on any atom is 0.231 e. The Morgan fingerprint density at radius 2 is 2.00 bits per heavy atom. The number of nitrogens with one attached hydrogen (secondary N) is 1. The molecule has 1 N–H and O–H groups in total. The molecule has 15 heavy (non-hydrogen) atoms. The van der Waals surface area contributed by atoms with Crippen LogP contribution in [-0.2, 0) is 6.42 Å². The molecule has 1 aromatic carbocycles. The van der Waals surface area contributed by atoms with Gasteiger partial charge in [-0.3, -0.25) is 0 Å². The van der Waals surface area contributed by atoms with Gasteiger partial charge in [-0.05, 0) is 50.6 Å². The van der Waals surface area contributed by atoms with Crippen LogP contribution in [-0.4, -0.2) is 19.9 Å². The van der Waals surface area contributed by atoms with Crippen LogP contribution in [0.4, 0.5) is 0 Å². The van der Waals surface area contributed by atoms with Crippen molar-refractivity contribution in [2.75, 3.05) is 13.8 Å². The maximum absolute atomic E-state index is 5.37. The minimum atomic E-state index is 0.347. The molecule has 0 fully saturated rings. The lowest BCUT2D eigenvalue weighted by atomic mass is 10.0. The van der Waals surface area contributed by atoms with Crippen molar-refractivity contribution in [3.63, 3.8) is 0 Å². The van der Waals surface area contributed by atoms with Crippen molar-refractivity contribution in [1.29, 1.82) is 0 Å². The molecule has 0 bridgehead atoms. The first-order valence-electron chi connectivity index (χ1n) is 5.27. The third-order valence-electron chi connectivity index (χ3n) is 2.85. The van der Waals surface area contributed by atoms with Crippen LogP contribution in [0.5, 0.6) is 11.5 Å². The number of aryl methyl sites for hydroxylation is 1. The summed E-state index contributed by atoms with van der Waals surface area (Å²) in [6, 6.07) is 4.62. The molecule has 1 aromatic rings. The molecular weight excluding hydrogens is 190 g/mol. The van der Waals surface area contributed by atoms with Gasteiger partial charge in [-0.2, -0.15) is 0 Å². The molecule has 0 aliphatic carbocycles. The smallest absolute Gasteiger partial charge is 0.231 e. The van der Waals surface area contributed by atoms with Crippen molar-refractivity contribution >= 4 is 0 Å². The van der Waals surface area contributed by atoms with E-state index in [0.717, 1.165) is 17.9 Å². The van der Waals surface area contributed by atoms with Crippen molar-refractivity contribution in [2.24, 2.45) is 0 Å². The number of benzene rings is 1. The summed E-state index contributed by atoms with van der Waals surface area (Å²) < 4.78 is 10.7. The molecule has 0 saturated heterocycles. The van der Waals surface area contributed by atoms with Gasteiger partial charge < -0.3 is 14.8 Å². The second-order valence-corrected chi connectivity index (χ2v) is 4.03. The molecule has 3 nitrogen and oxygen atoms in total. The van der Waals surface area contributed by atoms with Gasteiger partial charge in [0.1, 0.15) is 0 Å². The van der Waals surface area contributed by atoms with E-state index in [9.17, 15) is 0 Å². The monoisotopic (exact) mass is 207 g/mol. The van der Waals surface area contributed by atoms with Crippen LogP contribution in [0.2, 0.25) is 0 Å². The van der Waals surface area contributed by atoms with E-state index in [1.807, 2.05) is 7.05 Å². The molecule has 82 valence electrons. The molecule has 1 aliphatic rings. The molecule has 1 atom stereocenters. The van der Waals surface area contributed by atoms with Crippen molar-refractivity contribution in [1.82, 2.24) is 5.32 Å². The fraction of sp³-hybridized carbons (Fsp3) is 0.500. The Morgan fingerprint density at radius 1 is 1.33 bits per heavy atom. The van der Waals surface area contributed by atoms with Crippen LogP contribution in [0, 0.1) is 6.92 Å². The third-order valence-corrected chi connectivity index (χ3v) is 2.85. The summed E-state index contributed by atoms with van der Waals surface area (Å²) in [6.45, 7) is 4.63. The van der Waals surface area contributed by atoms with E-state index in [4.69, 9.17) is 9.47 Å². The van der Waals surface area contributed by atoms with E-state index < -0.39 is 0 Å². The highest BCUT2D eigenvalue weighted by molar-refractivity contribution is 5.48. The first kappa shape index (κ1) is 10.3. The minimum Gasteiger partial charge on any atom is -0.454 e. The molecule has 1 aliphatic heterocycles. The van der Waals surface area contributed by atoms with E-state index in [1.165, 1.54) is 11.1 Å². The molecule has 0 unspecified atom stereocenters. The van der Waals surface area contributed by atoms with Crippen molar-refractivity contribution in [3.05, 3.63) is 23.3 Å². The summed E-state index contributed by atoms with van der Waals surface area (Å²) in [6.07, 6.45) is 1.01. The lowest BCUT2D eigenvalue weighted by Gasteiger charge is -2.12. The van der Waals surface area contributed by atoms with Crippen LogP contribution < -0.4 is 14.8 Å². The molecule has 0 amide bonds. The van der Waals surface area contributed by atoms with Crippen LogP contribution in [0.1, 0.15) is 18.1 Å². The molecular formula is C12H17NO2. The first-order chi connectivity index (χ1) is 7.20. The Labute approximate surface area is 90.4 Å². The Kier molecular flexibility index (Phi) is 2.82. The zero-order valence-electron chi connectivity index (χ0n) is 9.46. The highest BCUT2D eigenvalue weighted by atomic mass is 16.7. The van der Waals surface area contributed by atoms with Crippen molar-refractivity contribution in [2.45, 2.75) is 26.3 Å². The van der Waals surface area contributed by atoms with Gasteiger partial charge >= 0.3 is 0 Å². The predicted molar refractivity (Wildman–Crippen MR) is 59.5 cm³/mol. The van der Waals surface area contributed by atoms with E-state index in [-0.39, 0.29) is 0 Å². The normalized spacial score (nSPS) is 15.4. The van der Waals surface area contributed by atoms with Gasteiger partial charge in [0, 0.05) is 6.04 Å². The van der Waals surface area contributed by atoms with Gasteiger partial charge in [0.05, 0.1) is 0 Å². The fourth-order valence-corrected chi connectivity index (χ4v) is 1.74. The maximum atomic E-state index is 5.37. The molecule has 0 radical (unpaired) electrons. The molecule has 0 aromatic heterocycles. The summed E-state index contributed by atoms with van der Waals surface area (Å²) in [5.41, 5.74) is 2.59. The summed E-state index contributed by atoms with van der Waals surface area (Å²) in [5.74, 6) is 1.74. The van der Waals surface area contributed by atoms with Gasteiger partial charge in [-0.15, -0.1) is 0 Å². The van der Waals surface area contributed by atoms with E-state index in [2.05, 4.69) is 31.3 Å². The third kappa shape index (κ3) is 2.07. The number of rotatable bonds is 3. The Hall–Kier alpha value is -1.22. The zero-order valence-corrected chi connectivity index (χ0v) is 9.46. The van der Waals surface area contributed by atoms with E-state index >= 15 is 0 Å². The molecule has 3 heteroatoms. The van der Waals surface area contributed by atoms with Gasteiger partial charge in [-0.25, -0.2) is 0 Å². The average Bonchev–Trinajstić information content (AvgIpc) is 2.65. The Balaban J connectivity index is 2.24. The molecule has 0 spiro atoms. The van der Waals surface area contributed by atoms with Crippen LogP contribution in [0.3, 0.4) is 0 Å². The van der Waals surface area contributed by atoms with Crippen molar-refractivity contribution in [3.8, 4) is 11.5 Å².